The number of fused-ring (bicyclic) bond motifs is 1. The van der Waals surface area contributed by atoms with Gasteiger partial charge in [-0.1, -0.05) is 23.8 Å². The van der Waals surface area contributed by atoms with Crippen LogP contribution in [0.5, 0.6) is 0 Å². The van der Waals surface area contributed by atoms with Gasteiger partial charge in [-0.05, 0) is 37.3 Å². The lowest BCUT2D eigenvalue weighted by Gasteiger charge is -2.29. The van der Waals surface area contributed by atoms with Crippen LogP contribution in [-0.4, -0.2) is 41.6 Å². The van der Waals surface area contributed by atoms with Gasteiger partial charge in [-0.25, -0.2) is 4.98 Å². The molecular weight excluding hydrogens is 394 g/mol. The highest BCUT2D eigenvalue weighted by Gasteiger charge is 2.21. The van der Waals surface area contributed by atoms with Gasteiger partial charge in [0.15, 0.2) is 0 Å². The summed E-state index contributed by atoms with van der Waals surface area (Å²) in [6, 6.07) is 14.4. The molecule has 0 saturated carbocycles. The van der Waals surface area contributed by atoms with Crippen LogP contribution in [0.15, 0.2) is 59.0 Å². The molecule has 31 heavy (non-hydrogen) atoms. The number of carbonyl (C=O) groups excluding carboxylic acids is 1. The molecule has 3 aromatic rings. The molecule has 0 radical (unpaired) electrons. The highest BCUT2D eigenvalue weighted by molar-refractivity contribution is 6.10. The van der Waals surface area contributed by atoms with E-state index in [1.54, 1.807) is 36.5 Å². The number of nitrogens with zero attached hydrogens (tertiary/aromatic N) is 4. The van der Waals surface area contributed by atoms with Gasteiger partial charge in [0.1, 0.15) is 23.1 Å². The number of morpholine rings is 1. The van der Waals surface area contributed by atoms with E-state index in [9.17, 15) is 14.9 Å². The van der Waals surface area contributed by atoms with Crippen molar-refractivity contribution in [1.29, 1.82) is 5.26 Å². The first kappa shape index (κ1) is 20.3. The second-order valence-electron chi connectivity index (χ2n) is 7.17. The average Bonchev–Trinajstić information content (AvgIpc) is 2.80. The van der Waals surface area contributed by atoms with E-state index in [2.05, 4.69) is 10.3 Å². The van der Waals surface area contributed by atoms with Gasteiger partial charge in [-0.2, -0.15) is 5.26 Å². The van der Waals surface area contributed by atoms with Crippen molar-refractivity contribution in [2.45, 2.75) is 6.92 Å². The molecular formula is C23H21N5O3. The van der Waals surface area contributed by atoms with Crippen LogP contribution in [0.4, 0.5) is 11.5 Å². The minimum atomic E-state index is -0.586. The van der Waals surface area contributed by atoms with Crippen molar-refractivity contribution in [3.8, 4) is 6.07 Å². The highest BCUT2D eigenvalue weighted by Crippen LogP contribution is 2.21. The van der Waals surface area contributed by atoms with Crippen LogP contribution < -0.4 is 15.8 Å². The maximum atomic E-state index is 13.2. The Morgan fingerprint density at radius 1 is 1.19 bits per heavy atom. The Kier molecular flexibility index (Phi) is 5.78. The lowest BCUT2D eigenvalue weighted by atomic mass is 10.1. The fourth-order valence-corrected chi connectivity index (χ4v) is 3.36. The third-order valence-corrected chi connectivity index (χ3v) is 5.02. The summed E-state index contributed by atoms with van der Waals surface area (Å²) in [7, 11) is 0. The normalized spacial score (nSPS) is 14.3. The first-order valence-electron chi connectivity index (χ1n) is 9.91. The topological polar surface area (TPSA) is 99.7 Å². The first-order chi connectivity index (χ1) is 15.1. The van der Waals surface area contributed by atoms with Gasteiger partial charge in [-0.3, -0.25) is 14.0 Å². The molecule has 0 spiro atoms. The smallest absolute Gasteiger partial charge is 0.267 e. The largest absolute Gasteiger partial charge is 0.378 e. The number of nitrogens with one attached hydrogen (secondary N) is 1. The number of amides is 1. The van der Waals surface area contributed by atoms with Crippen molar-refractivity contribution in [3.05, 3.63) is 75.7 Å². The van der Waals surface area contributed by atoms with Gasteiger partial charge in [0, 0.05) is 25.0 Å². The maximum absolute atomic E-state index is 13.2. The quantitative estimate of drug-likeness (QED) is 0.519. The molecule has 8 heteroatoms. The fourth-order valence-electron chi connectivity index (χ4n) is 3.36. The third-order valence-electron chi connectivity index (χ3n) is 5.02. The number of rotatable bonds is 4. The van der Waals surface area contributed by atoms with Crippen molar-refractivity contribution in [3.63, 3.8) is 0 Å². The number of ether oxygens (including phenoxy) is 1. The predicted octanol–water partition coefficient (Wildman–Crippen LogP) is 2.39. The second-order valence-corrected chi connectivity index (χ2v) is 7.17. The summed E-state index contributed by atoms with van der Waals surface area (Å²) in [6.45, 7) is 4.09. The van der Waals surface area contributed by atoms with E-state index >= 15 is 0 Å². The third kappa shape index (κ3) is 4.32. The number of aromatic nitrogens is 2. The van der Waals surface area contributed by atoms with E-state index in [0.29, 0.717) is 43.5 Å². The van der Waals surface area contributed by atoms with Crippen LogP contribution in [0.3, 0.4) is 0 Å². The minimum Gasteiger partial charge on any atom is -0.378 e. The Morgan fingerprint density at radius 2 is 1.94 bits per heavy atom. The Balaban J connectivity index is 1.78. The van der Waals surface area contributed by atoms with E-state index in [1.165, 1.54) is 10.5 Å². The van der Waals surface area contributed by atoms with Crippen molar-refractivity contribution in [1.82, 2.24) is 9.38 Å². The maximum Gasteiger partial charge on any atom is 0.267 e. The first-order valence-corrected chi connectivity index (χ1v) is 9.91. The summed E-state index contributed by atoms with van der Waals surface area (Å²) >= 11 is 0. The molecule has 8 nitrogen and oxygen atoms in total. The molecule has 1 aliphatic rings. The summed E-state index contributed by atoms with van der Waals surface area (Å²) in [5.41, 5.74) is 1.79. The number of hydrogen-bond acceptors (Lipinski definition) is 6. The van der Waals surface area contributed by atoms with E-state index in [1.807, 2.05) is 30.0 Å². The van der Waals surface area contributed by atoms with E-state index < -0.39 is 5.91 Å². The SMILES string of the molecule is Cc1ccc(NC(=O)/C(C#N)=C/c2c(N3CCOCC3)nc3ccccn3c2=O)cc1. The zero-order chi connectivity index (χ0) is 21.8. The lowest BCUT2D eigenvalue weighted by Crippen LogP contribution is -2.38. The van der Waals surface area contributed by atoms with Crippen LogP contribution in [0.25, 0.3) is 11.7 Å². The van der Waals surface area contributed by atoms with Gasteiger partial charge < -0.3 is 15.0 Å². The summed E-state index contributed by atoms with van der Waals surface area (Å²) in [4.78, 5) is 32.6. The Hall–Kier alpha value is -3.96. The van der Waals surface area contributed by atoms with E-state index in [0.717, 1.165) is 5.56 Å². The van der Waals surface area contributed by atoms with Crippen LogP contribution in [0.1, 0.15) is 11.1 Å². The Labute approximate surface area is 179 Å². The van der Waals surface area contributed by atoms with E-state index in [4.69, 9.17) is 4.74 Å². The lowest BCUT2D eigenvalue weighted by molar-refractivity contribution is -0.112. The molecule has 2 aromatic heterocycles. The number of carbonyl (C=O) groups is 1. The van der Waals surface area contributed by atoms with Crippen molar-refractivity contribution in [2.75, 3.05) is 36.5 Å². The molecule has 1 amide bonds. The predicted molar refractivity (Wildman–Crippen MR) is 118 cm³/mol. The number of pyridine rings is 1. The van der Waals surface area contributed by atoms with Crippen LogP contribution >= 0.6 is 0 Å². The molecule has 1 saturated heterocycles. The molecule has 0 aliphatic carbocycles. The molecule has 3 heterocycles. The molecule has 1 aromatic carbocycles. The van der Waals surface area contributed by atoms with Gasteiger partial charge in [0.05, 0.1) is 18.8 Å². The number of anilines is 2. The summed E-state index contributed by atoms with van der Waals surface area (Å²) in [6.07, 6.45) is 2.94. The van der Waals surface area contributed by atoms with Gasteiger partial charge in [0.2, 0.25) is 0 Å². The number of benzene rings is 1. The van der Waals surface area contributed by atoms with Crippen molar-refractivity contribution < 1.29 is 9.53 Å². The minimum absolute atomic E-state index is 0.176. The van der Waals surface area contributed by atoms with Gasteiger partial charge >= 0.3 is 0 Å². The second kappa shape index (κ2) is 8.81. The molecule has 0 atom stereocenters. The highest BCUT2D eigenvalue weighted by atomic mass is 16.5. The Morgan fingerprint density at radius 3 is 2.65 bits per heavy atom. The zero-order valence-corrected chi connectivity index (χ0v) is 17.0. The average molecular weight is 415 g/mol. The molecule has 1 aliphatic heterocycles. The van der Waals surface area contributed by atoms with Gasteiger partial charge in [-0.15, -0.1) is 0 Å². The van der Waals surface area contributed by atoms with Crippen LogP contribution in [0.2, 0.25) is 0 Å². The summed E-state index contributed by atoms with van der Waals surface area (Å²) < 4.78 is 6.81. The molecule has 1 N–H and O–H groups in total. The molecule has 156 valence electrons. The zero-order valence-electron chi connectivity index (χ0n) is 17.0. The number of aryl methyl sites for hydroxylation is 1. The molecule has 0 unspecified atom stereocenters. The van der Waals surface area contributed by atoms with Crippen LogP contribution in [0, 0.1) is 18.3 Å². The summed E-state index contributed by atoms with van der Waals surface area (Å²) in [5, 5.41) is 12.3. The molecule has 4 rings (SSSR count). The van der Waals surface area contributed by atoms with Gasteiger partial charge in [0.25, 0.3) is 11.5 Å². The monoisotopic (exact) mass is 415 g/mol. The molecule has 0 bridgehead atoms. The Bertz CT molecular complexity index is 1250. The molecule has 1 fully saturated rings. The van der Waals surface area contributed by atoms with Crippen molar-refractivity contribution in [2.24, 2.45) is 0 Å². The fraction of sp³-hybridized carbons (Fsp3) is 0.217. The van der Waals surface area contributed by atoms with Crippen molar-refractivity contribution >= 4 is 29.1 Å². The van der Waals surface area contributed by atoms with Crippen LogP contribution in [-0.2, 0) is 9.53 Å². The standard InChI is InChI=1S/C23H21N5O3/c1-16-5-7-18(8-6-16)25-22(29)17(15-24)14-19-21(27-10-12-31-13-11-27)26-20-4-2-3-9-28(20)23(19)30/h2-9,14H,10-13H2,1H3,(H,25,29)/b17-14+. The van der Waals surface area contributed by atoms with E-state index in [-0.39, 0.29) is 16.7 Å². The number of hydrogen-bond donors (Lipinski definition) is 1. The number of nitriles is 1. The summed E-state index contributed by atoms with van der Waals surface area (Å²) in [5.74, 6) is -0.146.